The number of benzene rings is 2. The van der Waals surface area contributed by atoms with Gasteiger partial charge in [-0.05, 0) is 66.8 Å². The van der Waals surface area contributed by atoms with Crippen LogP contribution in [0.25, 0.3) is 0 Å². The number of nitrogens with one attached hydrogen (secondary N) is 3. The first-order valence-electron chi connectivity index (χ1n) is 10.0. The highest BCUT2D eigenvalue weighted by molar-refractivity contribution is 6.30. The van der Waals surface area contributed by atoms with Crippen molar-refractivity contribution in [3.63, 3.8) is 0 Å². The highest BCUT2D eigenvalue weighted by Crippen LogP contribution is 2.48. The quantitative estimate of drug-likeness (QED) is 0.409. The summed E-state index contributed by atoms with van der Waals surface area (Å²) in [6.45, 7) is 0. The third-order valence-electron chi connectivity index (χ3n) is 5.86. The number of halogens is 1. The normalized spacial score (nSPS) is 22.9. The van der Waals surface area contributed by atoms with Gasteiger partial charge in [-0.1, -0.05) is 23.8 Å². The molecular weight excluding hydrogens is 434 g/mol. The zero-order valence-corrected chi connectivity index (χ0v) is 17.5. The first-order valence-corrected chi connectivity index (χ1v) is 10.4. The first-order chi connectivity index (χ1) is 15.3. The van der Waals surface area contributed by atoms with E-state index in [1.54, 1.807) is 36.4 Å². The average Bonchev–Trinajstić information content (AvgIpc) is 3.40. The van der Waals surface area contributed by atoms with Crippen molar-refractivity contribution in [3.8, 4) is 0 Å². The molecule has 0 saturated heterocycles. The Hall–Kier alpha value is -3.65. The second-order valence-corrected chi connectivity index (χ2v) is 8.26. The molecule has 32 heavy (non-hydrogen) atoms. The summed E-state index contributed by atoms with van der Waals surface area (Å²) in [6.07, 6.45) is 4.35. The molecule has 4 N–H and O–H groups in total. The monoisotopic (exact) mass is 453 g/mol. The Morgan fingerprint density at radius 2 is 1.34 bits per heavy atom. The number of aliphatic carboxylic acids is 1. The van der Waals surface area contributed by atoms with E-state index >= 15 is 0 Å². The number of rotatable bonds is 5. The molecule has 0 spiro atoms. The molecule has 1 saturated carbocycles. The van der Waals surface area contributed by atoms with Gasteiger partial charge in [0.15, 0.2) is 0 Å². The molecule has 1 fully saturated rings. The predicted molar refractivity (Wildman–Crippen MR) is 117 cm³/mol. The maximum Gasteiger partial charge on any atom is 0.307 e. The van der Waals surface area contributed by atoms with Crippen molar-refractivity contribution in [1.29, 1.82) is 0 Å². The van der Waals surface area contributed by atoms with Crippen molar-refractivity contribution in [3.05, 3.63) is 76.8 Å². The fraction of sp³-hybridized carbons (Fsp3) is 0.217. The summed E-state index contributed by atoms with van der Waals surface area (Å²) in [5.74, 6) is -4.20. The number of carbonyl (C=O) groups is 4. The van der Waals surface area contributed by atoms with Gasteiger partial charge >= 0.3 is 5.97 Å². The van der Waals surface area contributed by atoms with Gasteiger partial charge in [0, 0.05) is 21.8 Å². The minimum absolute atomic E-state index is 0.137. The lowest BCUT2D eigenvalue weighted by atomic mass is 9.82. The fourth-order valence-corrected chi connectivity index (χ4v) is 4.43. The zero-order chi connectivity index (χ0) is 22.8. The maximum atomic E-state index is 12.5. The van der Waals surface area contributed by atoms with E-state index in [2.05, 4.69) is 16.2 Å². The number of allylic oxidation sites excluding steroid dienone is 2. The third kappa shape index (κ3) is 4.36. The summed E-state index contributed by atoms with van der Waals surface area (Å²) in [7, 11) is 0. The molecule has 0 aliphatic heterocycles. The Labute approximate surface area is 188 Å². The van der Waals surface area contributed by atoms with E-state index in [0.29, 0.717) is 22.7 Å². The molecule has 2 aliphatic rings. The lowest BCUT2D eigenvalue weighted by Crippen LogP contribution is -2.48. The number of hydrogen-bond acceptors (Lipinski definition) is 4. The van der Waals surface area contributed by atoms with E-state index in [4.69, 9.17) is 11.6 Å². The molecule has 4 atom stereocenters. The van der Waals surface area contributed by atoms with Gasteiger partial charge in [0.25, 0.3) is 11.8 Å². The summed E-state index contributed by atoms with van der Waals surface area (Å²) >= 11 is 5.82. The van der Waals surface area contributed by atoms with Gasteiger partial charge in [-0.2, -0.15) is 0 Å². The van der Waals surface area contributed by atoms with Crippen LogP contribution in [0.3, 0.4) is 0 Å². The van der Waals surface area contributed by atoms with Gasteiger partial charge < -0.3 is 10.4 Å². The number of anilines is 1. The molecule has 2 aromatic carbocycles. The zero-order valence-electron chi connectivity index (χ0n) is 16.7. The van der Waals surface area contributed by atoms with Crippen LogP contribution in [0.1, 0.15) is 27.1 Å². The molecule has 8 nitrogen and oxygen atoms in total. The minimum atomic E-state index is -1.01. The second kappa shape index (κ2) is 8.84. The minimum Gasteiger partial charge on any atom is -0.481 e. The van der Waals surface area contributed by atoms with Crippen LogP contribution in [0.2, 0.25) is 5.02 Å². The van der Waals surface area contributed by atoms with Crippen LogP contribution >= 0.6 is 11.6 Å². The number of amides is 3. The number of hydrazine groups is 1. The second-order valence-electron chi connectivity index (χ2n) is 7.82. The average molecular weight is 454 g/mol. The summed E-state index contributed by atoms with van der Waals surface area (Å²) in [4.78, 5) is 48.7. The Morgan fingerprint density at radius 3 is 1.97 bits per heavy atom. The molecule has 0 heterocycles. The van der Waals surface area contributed by atoms with Gasteiger partial charge in [-0.15, -0.1) is 0 Å². The number of fused-ring (bicyclic) bond motifs is 2. The Morgan fingerprint density at radius 1 is 0.781 bits per heavy atom. The number of carbonyl (C=O) groups excluding carboxylic acids is 3. The smallest absolute Gasteiger partial charge is 0.307 e. The van der Waals surface area contributed by atoms with Crippen molar-refractivity contribution >= 4 is 41.0 Å². The standard InChI is InChI=1S/C23H20ClN3O5/c24-16-7-3-12(4-8-16)20(28)25-17-9-5-13(6-10-17)21(29)26-27-22(30)18-14-1-2-15(11-14)19(18)23(31)32/h1-10,14-15,18-19H,11H2,(H,25,28)(H,26,29)(H,27,30)(H,31,32)/t14-,15-,18-,19-/m0/s1. The van der Waals surface area contributed by atoms with Crippen LogP contribution in [-0.2, 0) is 9.59 Å². The van der Waals surface area contributed by atoms with Gasteiger partial charge in [0.05, 0.1) is 11.8 Å². The third-order valence-corrected chi connectivity index (χ3v) is 6.11. The molecule has 4 rings (SSSR count). The van der Waals surface area contributed by atoms with Crippen LogP contribution in [0.15, 0.2) is 60.7 Å². The molecule has 2 bridgehead atoms. The molecule has 0 aromatic heterocycles. The Balaban J connectivity index is 1.32. The van der Waals surface area contributed by atoms with Crippen LogP contribution in [0.5, 0.6) is 0 Å². The van der Waals surface area contributed by atoms with Crippen LogP contribution in [0.4, 0.5) is 5.69 Å². The lowest BCUT2D eigenvalue weighted by Gasteiger charge is -2.23. The Kier molecular flexibility index (Phi) is 5.96. The molecule has 164 valence electrons. The molecular formula is C23H20ClN3O5. The highest BCUT2D eigenvalue weighted by Gasteiger charge is 2.51. The summed E-state index contributed by atoms with van der Waals surface area (Å²) < 4.78 is 0. The van der Waals surface area contributed by atoms with E-state index in [1.165, 1.54) is 12.1 Å². The number of hydrogen-bond donors (Lipinski definition) is 4. The van der Waals surface area contributed by atoms with Crippen molar-refractivity contribution in [2.75, 3.05) is 5.32 Å². The summed E-state index contributed by atoms with van der Waals surface area (Å²) in [5.41, 5.74) is 5.87. The van der Waals surface area contributed by atoms with Crippen LogP contribution in [0, 0.1) is 23.7 Å². The predicted octanol–water partition coefficient (Wildman–Crippen LogP) is 2.88. The summed E-state index contributed by atoms with van der Waals surface area (Å²) in [5, 5.41) is 12.7. The van der Waals surface area contributed by atoms with Crippen LogP contribution in [-0.4, -0.2) is 28.8 Å². The number of carboxylic acids is 1. The van der Waals surface area contributed by atoms with Crippen LogP contribution < -0.4 is 16.2 Å². The van der Waals surface area contributed by atoms with Crippen molar-refractivity contribution in [2.45, 2.75) is 6.42 Å². The van der Waals surface area contributed by atoms with E-state index in [-0.39, 0.29) is 23.3 Å². The van der Waals surface area contributed by atoms with Crippen molar-refractivity contribution in [1.82, 2.24) is 10.9 Å². The van der Waals surface area contributed by atoms with Crippen molar-refractivity contribution < 1.29 is 24.3 Å². The van der Waals surface area contributed by atoms with E-state index in [9.17, 15) is 24.3 Å². The topological polar surface area (TPSA) is 125 Å². The molecule has 0 unspecified atom stereocenters. The van der Waals surface area contributed by atoms with E-state index in [0.717, 1.165) is 0 Å². The molecule has 3 amide bonds. The molecule has 0 radical (unpaired) electrons. The highest BCUT2D eigenvalue weighted by atomic mass is 35.5. The first kappa shape index (κ1) is 21.6. The maximum absolute atomic E-state index is 12.5. The molecule has 9 heteroatoms. The van der Waals surface area contributed by atoms with E-state index in [1.807, 2.05) is 12.2 Å². The number of carboxylic acid groups (broad SMARTS) is 1. The SMILES string of the molecule is O=C(NNC(=O)[C@@H]1[C@@H](C(=O)O)[C@H]2C=C[C@H]1C2)c1ccc(NC(=O)c2ccc(Cl)cc2)cc1. The lowest BCUT2D eigenvalue weighted by molar-refractivity contribution is -0.148. The van der Waals surface area contributed by atoms with Crippen molar-refractivity contribution in [2.24, 2.45) is 23.7 Å². The van der Waals surface area contributed by atoms with Gasteiger partial charge in [0.2, 0.25) is 5.91 Å². The molecule has 2 aliphatic carbocycles. The van der Waals surface area contributed by atoms with Gasteiger partial charge in [0.1, 0.15) is 0 Å². The molecule has 2 aromatic rings. The fourth-order valence-electron chi connectivity index (χ4n) is 4.30. The van der Waals surface area contributed by atoms with Gasteiger partial charge in [-0.25, -0.2) is 0 Å². The van der Waals surface area contributed by atoms with E-state index < -0.39 is 29.6 Å². The largest absolute Gasteiger partial charge is 0.481 e. The summed E-state index contributed by atoms with van der Waals surface area (Å²) in [6, 6.07) is 12.6. The Bertz CT molecular complexity index is 1100. The van der Waals surface area contributed by atoms with Gasteiger partial charge in [-0.3, -0.25) is 30.0 Å².